The van der Waals surface area contributed by atoms with E-state index in [9.17, 15) is 9.59 Å². The van der Waals surface area contributed by atoms with E-state index in [1.807, 2.05) is 13.8 Å². The highest BCUT2D eigenvalue weighted by molar-refractivity contribution is 5.76. The molecule has 0 bridgehead atoms. The molecule has 0 fully saturated rings. The van der Waals surface area contributed by atoms with E-state index in [2.05, 4.69) is 5.32 Å². The summed E-state index contributed by atoms with van der Waals surface area (Å²) in [6.45, 7) is 5.15. The van der Waals surface area contributed by atoms with Crippen molar-refractivity contribution < 1.29 is 19.8 Å². The van der Waals surface area contributed by atoms with Gasteiger partial charge in [0.05, 0.1) is 6.54 Å². The topological polar surface area (TPSA) is 89.9 Å². The molecule has 0 saturated carbocycles. The Morgan fingerprint density at radius 3 is 2.06 bits per heavy atom. The van der Waals surface area contributed by atoms with Crippen molar-refractivity contribution in [3.8, 4) is 0 Å². The number of nitrogens with one attached hydrogen (secondary N) is 1. The van der Waals surface area contributed by atoms with E-state index in [-0.39, 0.29) is 12.6 Å². The first-order chi connectivity index (χ1) is 8.52. The number of carbonyl (C=O) groups excluding carboxylic acids is 1. The maximum Gasteiger partial charge on any atom is 0.334 e. The number of aliphatic hydroxyl groups is 1. The average Bonchev–Trinajstić information content (AvgIpc) is 2.35. The van der Waals surface area contributed by atoms with Crippen LogP contribution in [0, 0.1) is 0 Å². The van der Waals surface area contributed by atoms with E-state index in [4.69, 9.17) is 10.2 Å². The lowest BCUT2D eigenvalue weighted by Crippen LogP contribution is -2.45. The fraction of sp³-hybridized carbons (Fsp3) is 0.833. The molecule has 18 heavy (non-hydrogen) atoms. The molecule has 6 heteroatoms. The predicted molar refractivity (Wildman–Crippen MR) is 68.4 cm³/mol. The van der Waals surface area contributed by atoms with Gasteiger partial charge < -0.3 is 20.4 Å². The number of carbonyl (C=O) groups is 2. The Balaban J connectivity index is 4.14. The molecule has 0 aromatic heterocycles. The molecule has 0 spiro atoms. The van der Waals surface area contributed by atoms with Crippen molar-refractivity contribution in [2.45, 2.75) is 45.6 Å². The molecular weight excluding hydrogens is 236 g/mol. The van der Waals surface area contributed by atoms with Gasteiger partial charge in [-0.05, 0) is 12.8 Å². The second-order valence-electron chi connectivity index (χ2n) is 4.23. The van der Waals surface area contributed by atoms with Crippen LogP contribution in [0.2, 0.25) is 0 Å². The van der Waals surface area contributed by atoms with Gasteiger partial charge in [0.2, 0.25) is 0 Å². The van der Waals surface area contributed by atoms with E-state index in [1.54, 1.807) is 4.90 Å². The van der Waals surface area contributed by atoms with Crippen LogP contribution in [-0.4, -0.2) is 52.9 Å². The van der Waals surface area contributed by atoms with Gasteiger partial charge in [-0.1, -0.05) is 26.7 Å². The summed E-state index contributed by atoms with van der Waals surface area (Å²) in [6, 6.07) is -0.308. The van der Waals surface area contributed by atoms with Crippen LogP contribution in [0.1, 0.15) is 39.5 Å². The molecule has 2 amide bonds. The SMILES string of the molecule is CCCCN(CCCC)C(=O)NC[C@H](O)C(=O)O. The number of amides is 2. The minimum absolute atomic E-state index is 0.261. The first-order valence-corrected chi connectivity index (χ1v) is 6.46. The third-order valence-corrected chi connectivity index (χ3v) is 2.58. The summed E-state index contributed by atoms with van der Waals surface area (Å²) in [5.74, 6) is -1.33. The molecule has 0 radical (unpaired) electrons. The van der Waals surface area contributed by atoms with Crippen molar-refractivity contribution in [1.29, 1.82) is 0 Å². The van der Waals surface area contributed by atoms with Crippen LogP contribution in [0.15, 0.2) is 0 Å². The van der Waals surface area contributed by atoms with Gasteiger partial charge in [0, 0.05) is 13.1 Å². The summed E-state index contributed by atoms with van der Waals surface area (Å²) in [5.41, 5.74) is 0. The molecule has 6 nitrogen and oxygen atoms in total. The van der Waals surface area contributed by atoms with Crippen molar-refractivity contribution in [1.82, 2.24) is 10.2 Å². The molecule has 0 aliphatic carbocycles. The number of unbranched alkanes of at least 4 members (excludes halogenated alkanes) is 2. The molecule has 0 unspecified atom stereocenters. The standard InChI is InChI=1S/C12H24N2O4/c1-3-5-7-14(8-6-4-2)12(18)13-9-10(15)11(16)17/h10,15H,3-9H2,1-2H3,(H,13,18)(H,16,17)/t10-/m0/s1. The number of nitrogens with zero attached hydrogens (tertiary/aromatic N) is 1. The Morgan fingerprint density at radius 1 is 1.17 bits per heavy atom. The van der Waals surface area contributed by atoms with Crippen LogP contribution in [0.5, 0.6) is 0 Å². The number of rotatable bonds is 9. The monoisotopic (exact) mass is 260 g/mol. The Labute approximate surface area is 108 Å². The first-order valence-electron chi connectivity index (χ1n) is 6.46. The number of carboxylic acid groups (broad SMARTS) is 1. The molecule has 1 atom stereocenters. The summed E-state index contributed by atoms with van der Waals surface area (Å²) < 4.78 is 0. The van der Waals surface area contributed by atoms with Crippen LogP contribution in [0.4, 0.5) is 4.79 Å². The van der Waals surface area contributed by atoms with Crippen molar-refractivity contribution in [2.75, 3.05) is 19.6 Å². The normalized spacial score (nSPS) is 11.9. The second kappa shape index (κ2) is 9.70. The number of hydrogen-bond donors (Lipinski definition) is 3. The van der Waals surface area contributed by atoms with Gasteiger partial charge in [-0.25, -0.2) is 9.59 Å². The fourth-order valence-corrected chi connectivity index (χ4v) is 1.40. The lowest BCUT2D eigenvalue weighted by atomic mass is 10.3. The van der Waals surface area contributed by atoms with E-state index in [0.717, 1.165) is 25.7 Å². The number of hydrogen-bond acceptors (Lipinski definition) is 3. The van der Waals surface area contributed by atoms with Crippen LogP contribution in [-0.2, 0) is 4.79 Å². The molecule has 0 rings (SSSR count). The van der Waals surface area contributed by atoms with Crippen LogP contribution in [0.25, 0.3) is 0 Å². The lowest BCUT2D eigenvalue weighted by Gasteiger charge is -2.23. The summed E-state index contributed by atoms with van der Waals surface area (Å²) in [5, 5.41) is 20.0. The van der Waals surface area contributed by atoms with E-state index in [1.165, 1.54) is 0 Å². The fourth-order valence-electron chi connectivity index (χ4n) is 1.40. The summed E-state index contributed by atoms with van der Waals surface area (Å²) in [6.07, 6.45) is 2.27. The smallest absolute Gasteiger partial charge is 0.334 e. The van der Waals surface area contributed by atoms with Crippen LogP contribution < -0.4 is 5.32 Å². The van der Waals surface area contributed by atoms with Crippen molar-refractivity contribution >= 4 is 12.0 Å². The van der Waals surface area contributed by atoms with E-state index >= 15 is 0 Å². The Bertz CT molecular complexity index is 250. The zero-order chi connectivity index (χ0) is 14.0. The van der Waals surface area contributed by atoms with Crippen LogP contribution >= 0.6 is 0 Å². The van der Waals surface area contributed by atoms with Crippen LogP contribution in [0.3, 0.4) is 0 Å². The highest BCUT2D eigenvalue weighted by atomic mass is 16.4. The number of aliphatic carboxylic acids is 1. The number of aliphatic hydroxyl groups excluding tert-OH is 1. The van der Waals surface area contributed by atoms with Gasteiger partial charge in [-0.3, -0.25) is 0 Å². The van der Waals surface area contributed by atoms with E-state index in [0.29, 0.717) is 13.1 Å². The predicted octanol–water partition coefficient (Wildman–Crippen LogP) is 1.04. The zero-order valence-electron chi connectivity index (χ0n) is 11.2. The van der Waals surface area contributed by atoms with E-state index < -0.39 is 12.1 Å². The summed E-state index contributed by atoms with van der Waals surface area (Å²) in [7, 11) is 0. The van der Waals surface area contributed by atoms with Gasteiger partial charge >= 0.3 is 12.0 Å². The summed E-state index contributed by atoms with van der Waals surface area (Å²) in [4.78, 5) is 23.9. The van der Waals surface area contributed by atoms with Crippen molar-refractivity contribution in [3.05, 3.63) is 0 Å². The molecule has 106 valence electrons. The minimum atomic E-state index is -1.55. The molecule has 0 aromatic carbocycles. The maximum atomic E-state index is 11.8. The Morgan fingerprint density at radius 2 is 1.67 bits per heavy atom. The average molecular weight is 260 g/mol. The number of carboxylic acids is 1. The maximum absolute atomic E-state index is 11.8. The van der Waals surface area contributed by atoms with Crippen molar-refractivity contribution in [3.63, 3.8) is 0 Å². The summed E-state index contributed by atoms with van der Waals surface area (Å²) >= 11 is 0. The van der Waals surface area contributed by atoms with Gasteiger partial charge in [-0.2, -0.15) is 0 Å². The van der Waals surface area contributed by atoms with Gasteiger partial charge in [0.1, 0.15) is 0 Å². The second-order valence-corrected chi connectivity index (χ2v) is 4.23. The van der Waals surface area contributed by atoms with Gasteiger partial charge in [0.25, 0.3) is 0 Å². The molecular formula is C12H24N2O4. The first kappa shape index (κ1) is 16.7. The molecule has 0 aromatic rings. The third kappa shape index (κ3) is 7.11. The third-order valence-electron chi connectivity index (χ3n) is 2.58. The highest BCUT2D eigenvalue weighted by Crippen LogP contribution is 2.00. The van der Waals surface area contributed by atoms with Gasteiger partial charge in [0.15, 0.2) is 6.10 Å². The van der Waals surface area contributed by atoms with Crippen molar-refractivity contribution in [2.24, 2.45) is 0 Å². The highest BCUT2D eigenvalue weighted by Gasteiger charge is 2.17. The zero-order valence-corrected chi connectivity index (χ0v) is 11.2. The Hall–Kier alpha value is -1.30. The molecule has 0 aliphatic heterocycles. The molecule has 0 saturated heterocycles. The van der Waals surface area contributed by atoms with Gasteiger partial charge in [-0.15, -0.1) is 0 Å². The lowest BCUT2D eigenvalue weighted by molar-refractivity contribution is -0.146. The molecule has 0 heterocycles. The quantitative estimate of drug-likeness (QED) is 0.578. The minimum Gasteiger partial charge on any atom is -0.479 e. The number of urea groups is 1. The Kier molecular flexibility index (Phi) is 9.00. The molecule has 0 aliphatic rings. The largest absolute Gasteiger partial charge is 0.479 e. The molecule has 3 N–H and O–H groups in total.